The first-order valence-corrected chi connectivity index (χ1v) is 7.17. The van der Waals surface area contributed by atoms with Crippen LogP contribution in [-0.4, -0.2) is 24.5 Å². The first-order valence-electron chi connectivity index (χ1n) is 7.17. The van der Waals surface area contributed by atoms with Crippen molar-refractivity contribution in [3.63, 3.8) is 0 Å². The second-order valence-corrected chi connectivity index (χ2v) is 5.75. The summed E-state index contributed by atoms with van der Waals surface area (Å²) in [6.45, 7) is 8.80. The molecule has 2 rings (SSSR count). The van der Waals surface area contributed by atoms with Gasteiger partial charge < -0.3 is 5.73 Å². The van der Waals surface area contributed by atoms with Crippen LogP contribution in [0.3, 0.4) is 0 Å². The van der Waals surface area contributed by atoms with Gasteiger partial charge in [-0.05, 0) is 63.2 Å². The maximum absolute atomic E-state index is 5.68. The number of likely N-dealkylation sites (tertiary alicyclic amines) is 1. The average Bonchev–Trinajstić information content (AvgIpc) is 2.34. The van der Waals surface area contributed by atoms with Crippen LogP contribution in [0.25, 0.3) is 0 Å². The predicted octanol–water partition coefficient (Wildman–Crippen LogP) is 2.86. The van der Waals surface area contributed by atoms with Crippen molar-refractivity contribution in [1.29, 1.82) is 0 Å². The molecule has 1 aliphatic heterocycles. The highest BCUT2D eigenvalue weighted by atomic mass is 15.1. The Hall–Kier alpha value is -0.860. The predicted molar refractivity (Wildman–Crippen MR) is 77.6 cm³/mol. The smallest absolute Gasteiger partial charge is 0.0236 e. The maximum atomic E-state index is 5.68. The summed E-state index contributed by atoms with van der Waals surface area (Å²) >= 11 is 0. The van der Waals surface area contributed by atoms with Crippen molar-refractivity contribution in [2.75, 3.05) is 19.6 Å². The van der Waals surface area contributed by atoms with Crippen molar-refractivity contribution in [3.8, 4) is 0 Å². The summed E-state index contributed by atoms with van der Waals surface area (Å²) in [6.07, 6.45) is 3.87. The van der Waals surface area contributed by atoms with Crippen molar-refractivity contribution < 1.29 is 0 Å². The van der Waals surface area contributed by atoms with Gasteiger partial charge in [-0.15, -0.1) is 0 Å². The third kappa shape index (κ3) is 3.56. The summed E-state index contributed by atoms with van der Waals surface area (Å²) in [6, 6.07) is 6.80. The number of hydrogen-bond donors (Lipinski definition) is 1. The van der Waals surface area contributed by atoms with Gasteiger partial charge in [0, 0.05) is 13.1 Å². The van der Waals surface area contributed by atoms with Gasteiger partial charge in [0.15, 0.2) is 0 Å². The van der Waals surface area contributed by atoms with Gasteiger partial charge in [0.05, 0.1) is 0 Å². The zero-order valence-corrected chi connectivity index (χ0v) is 11.8. The number of rotatable bonds is 4. The minimum absolute atomic E-state index is 0.814. The molecule has 2 heteroatoms. The molecule has 1 heterocycles. The standard InChI is InChI=1S/C16H26N2/c1-13-5-6-16(14(2)10-13)12-18-9-3-4-15(11-18)7-8-17/h5-6,10,15H,3-4,7-9,11-12,17H2,1-2H3. The fraction of sp³-hybridized carbons (Fsp3) is 0.625. The fourth-order valence-electron chi connectivity index (χ4n) is 3.03. The molecule has 2 nitrogen and oxygen atoms in total. The molecule has 1 fully saturated rings. The molecule has 1 aliphatic rings. The minimum Gasteiger partial charge on any atom is -0.330 e. The molecular formula is C16H26N2. The highest BCUT2D eigenvalue weighted by molar-refractivity contribution is 5.30. The Bertz CT molecular complexity index is 385. The summed E-state index contributed by atoms with van der Waals surface area (Å²) in [4.78, 5) is 2.60. The zero-order chi connectivity index (χ0) is 13.0. The molecule has 1 atom stereocenters. The van der Waals surface area contributed by atoms with Crippen molar-refractivity contribution in [1.82, 2.24) is 4.90 Å². The second kappa shape index (κ2) is 6.35. The van der Waals surface area contributed by atoms with E-state index in [4.69, 9.17) is 5.73 Å². The molecule has 0 aliphatic carbocycles. The molecule has 100 valence electrons. The molecule has 18 heavy (non-hydrogen) atoms. The largest absolute Gasteiger partial charge is 0.330 e. The van der Waals surface area contributed by atoms with Crippen molar-refractivity contribution in [3.05, 3.63) is 34.9 Å². The van der Waals surface area contributed by atoms with Gasteiger partial charge in [-0.3, -0.25) is 4.90 Å². The van der Waals surface area contributed by atoms with Gasteiger partial charge >= 0.3 is 0 Å². The van der Waals surface area contributed by atoms with Crippen LogP contribution in [0.4, 0.5) is 0 Å². The number of piperidine rings is 1. The number of aryl methyl sites for hydroxylation is 2. The van der Waals surface area contributed by atoms with Crippen LogP contribution in [0.2, 0.25) is 0 Å². The molecule has 0 bridgehead atoms. The monoisotopic (exact) mass is 246 g/mol. The van der Waals surface area contributed by atoms with Crippen LogP contribution < -0.4 is 5.73 Å². The van der Waals surface area contributed by atoms with E-state index >= 15 is 0 Å². The lowest BCUT2D eigenvalue weighted by atomic mass is 9.94. The normalized spacial score (nSPS) is 21.2. The lowest BCUT2D eigenvalue weighted by Crippen LogP contribution is -2.35. The van der Waals surface area contributed by atoms with E-state index < -0.39 is 0 Å². The van der Waals surface area contributed by atoms with Crippen LogP contribution in [0.1, 0.15) is 36.0 Å². The highest BCUT2D eigenvalue weighted by Crippen LogP contribution is 2.22. The van der Waals surface area contributed by atoms with Crippen LogP contribution in [-0.2, 0) is 6.54 Å². The lowest BCUT2D eigenvalue weighted by molar-refractivity contribution is 0.163. The van der Waals surface area contributed by atoms with E-state index in [1.54, 1.807) is 0 Å². The first-order chi connectivity index (χ1) is 8.69. The quantitative estimate of drug-likeness (QED) is 0.885. The topological polar surface area (TPSA) is 29.3 Å². The Morgan fingerprint density at radius 2 is 2.17 bits per heavy atom. The Balaban J connectivity index is 1.96. The summed E-state index contributed by atoms with van der Waals surface area (Å²) in [5.41, 5.74) is 9.94. The fourth-order valence-corrected chi connectivity index (χ4v) is 3.03. The average molecular weight is 246 g/mol. The second-order valence-electron chi connectivity index (χ2n) is 5.75. The number of nitrogens with zero attached hydrogens (tertiary/aromatic N) is 1. The highest BCUT2D eigenvalue weighted by Gasteiger charge is 2.19. The number of benzene rings is 1. The Morgan fingerprint density at radius 3 is 2.89 bits per heavy atom. The van der Waals surface area contributed by atoms with E-state index in [9.17, 15) is 0 Å². The third-order valence-corrected chi connectivity index (χ3v) is 4.07. The number of nitrogens with two attached hydrogens (primary N) is 1. The van der Waals surface area contributed by atoms with E-state index in [1.165, 1.54) is 49.0 Å². The van der Waals surface area contributed by atoms with Crippen LogP contribution in [0.5, 0.6) is 0 Å². The molecule has 0 aromatic heterocycles. The summed E-state index contributed by atoms with van der Waals surface area (Å²) in [5.74, 6) is 0.814. The van der Waals surface area contributed by atoms with Gasteiger partial charge in [-0.1, -0.05) is 23.8 Å². The van der Waals surface area contributed by atoms with E-state index in [0.29, 0.717) is 0 Å². The van der Waals surface area contributed by atoms with Crippen LogP contribution in [0, 0.1) is 19.8 Å². The first kappa shape index (κ1) is 13.6. The molecule has 0 spiro atoms. The molecular weight excluding hydrogens is 220 g/mol. The van der Waals surface area contributed by atoms with Crippen LogP contribution >= 0.6 is 0 Å². The lowest BCUT2D eigenvalue weighted by Gasteiger charge is -2.33. The van der Waals surface area contributed by atoms with E-state index in [2.05, 4.69) is 36.9 Å². The van der Waals surface area contributed by atoms with Gasteiger partial charge in [-0.2, -0.15) is 0 Å². The molecule has 0 amide bonds. The van der Waals surface area contributed by atoms with Crippen molar-refractivity contribution in [2.24, 2.45) is 11.7 Å². The Labute approximate surface area is 111 Å². The maximum Gasteiger partial charge on any atom is 0.0236 e. The van der Waals surface area contributed by atoms with Gasteiger partial charge in [0.1, 0.15) is 0 Å². The van der Waals surface area contributed by atoms with Crippen molar-refractivity contribution in [2.45, 2.75) is 39.7 Å². The Morgan fingerprint density at radius 1 is 1.33 bits per heavy atom. The summed E-state index contributed by atoms with van der Waals surface area (Å²) in [7, 11) is 0. The van der Waals surface area contributed by atoms with E-state index in [0.717, 1.165) is 19.0 Å². The third-order valence-electron chi connectivity index (χ3n) is 4.07. The SMILES string of the molecule is Cc1ccc(CN2CCCC(CCN)C2)c(C)c1. The minimum atomic E-state index is 0.814. The molecule has 1 aromatic rings. The van der Waals surface area contributed by atoms with Gasteiger partial charge in [0.25, 0.3) is 0 Å². The molecule has 2 N–H and O–H groups in total. The van der Waals surface area contributed by atoms with Gasteiger partial charge in [0.2, 0.25) is 0 Å². The van der Waals surface area contributed by atoms with Crippen LogP contribution in [0.15, 0.2) is 18.2 Å². The molecule has 0 saturated carbocycles. The van der Waals surface area contributed by atoms with Gasteiger partial charge in [-0.25, -0.2) is 0 Å². The van der Waals surface area contributed by atoms with E-state index in [-0.39, 0.29) is 0 Å². The van der Waals surface area contributed by atoms with E-state index in [1.807, 2.05) is 0 Å². The molecule has 1 aromatic carbocycles. The molecule has 1 unspecified atom stereocenters. The molecule has 1 saturated heterocycles. The number of hydrogen-bond acceptors (Lipinski definition) is 2. The summed E-state index contributed by atoms with van der Waals surface area (Å²) in [5, 5.41) is 0. The summed E-state index contributed by atoms with van der Waals surface area (Å²) < 4.78 is 0. The Kier molecular flexibility index (Phi) is 4.79. The molecule has 0 radical (unpaired) electrons. The van der Waals surface area contributed by atoms with Crippen molar-refractivity contribution >= 4 is 0 Å². The zero-order valence-electron chi connectivity index (χ0n) is 11.8.